The predicted molar refractivity (Wildman–Crippen MR) is 127 cm³/mol. The van der Waals surface area contributed by atoms with E-state index in [2.05, 4.69) is 22.3 Å². The lowest BCUT2D eigenvalue weighted by Gasteiger charge is -2.59. The highest BCUT2D eigenvalue weighted by Gasteiger charge is 2.66. The molecule has 2 fully saturated rings. The van der Waals surface area contributed by atoms with Gasteiger partial charge in [0.2, 0.25) is 0 Å². The fourth-order valence-electron chi connectivity index (χ4n) is 7.77. The number of aliphatic imine (C=N–C) groups is 1. The molecular weight excluding hydrogens is 450 g/mol. The average molecular weight is 482 g/mol. The second kappa shape index (κ2) is 7.88. The molecular formula is C26H31N3O6. The van der Waals surface area contributed by atoms with E-state index in [1.165, 1.54) is 0 Å². The van der Waals surface area contributed by atoms with Gasteiger partial charge in [-0.3, -0.25) is 15.1 Å². The smallest absolute Gasteiger partial charge is 0.306 e. The Morgan fingerprint density at radius 1 is 1.43 bits per heavy atom. The third-order valence-electron chi connectivity index (χ3n) is 9.25. The normalized spacial score (nSPS) is 37.1. The number of nitrogens with one attached hydrogen (secondary N) is 1. The summed E-state index contributed by atoms with van der Waals surface area (Å²) in [5.74, 6) is -0.197. The van der Waals surface area contributed by atoms with Gasteiger partial charge in [-0.05, 0) is 62.9 Å². The summed E-state index contributed by atoms with van der Waals surface area (Å²) in [6, 6.07) is 1.21. The number of likely N-dealkylation sites (N-methyl/N-ethyl adjacent to an activating group) is 1. The van der Waals surface area contributed by atoms with E-state index in [-0.39, 0.29) is 36.3 Å². The molecule has 0 amide bonds. The van der Waals surface area contributed by atoms with Crippen LogP contribution >= 0.6 is 0 Å². The molecule has 3 heterocycles. The largest absolute Gasteiger partial charge is 0.504 e. The molecule has 0 radical (unpaired) electrons. The molecule has 3 aliphatic heterocycles. The van der Waals surface area contributed by atoms with Crippen LogP contribution in [0, 0.1) is 5.92 Å². The van der Waals surface area contributed by atoms with Crippen molar-refractivity contribution < 1.29 is 29.6 Å². The molecule has 4 unspecified atom stereocenters. The summed E-state index contributed by atoms with van der Waals surface area (Å²) in [5, 5.41) is 33.9. The van der Waals surface area contributed by atoms with Crippen LogP contribution in [-0.4, -0.2) is 82.1 Å². The van der Waals surface area contributed by atoms with Crippen molar-refractivity contribution in [1.82, 2.24) is 10.2 Å². The number of phenols is 1. The van der Waals surface area contributed by atoms with Gasteiger partial charge in [-0.1, -0.05) is 6.08 Å². The van der Waals surface area contributed by atoms with E-state index in [4.69, 9.17) is 4.74 Å². The van der Waals surface area contributed by atoms with Crippen molar-refractivity contribution in [3.63, 3.8) is 0 Å². The third kappa shape index (κ3) is 3.01. The predicted octanol–water partition coefficient (Wildman–Crippen LogP) is 0.933. The number of allylic oxidation sites excluding steroid dienone is 1. The maximum absolute atomic E-state index is 12.3. The van der Waals surface area contributed by atoms with Gasteiger partial charge in [-0.25, -0.2) is 0 Å². The van der Waals surface area contributed by atoms with E-state index in [1.807, 2.05) is 6.07 Å². The van der Waals surface area contributed by atoms with Crippen LogP contribution in [0.2, 0.25) is 0 Å². The number of aldehydes is 1. The van der Waals surface area contributed by atoms with Crippen LogP contribution in [-0.2, 0) is 28.0 Å². The zero-order valence-electron chi connectivity index (χ0n) is 19.7. The van der Waals surface area contributed by atoms with Crippen LogP contribution in [0.25, 0.3) is 0 Å². The van der Waals surface area contributed by atoms with Crippen LogP contribution in [0.15, 0.2) is 23.2 Å². The highest BCUT2D eigenvalue weighted by Crippen LogP contribution is 2.64. The number of hydrogen-bond donors (Lipinski definition) is 4. The Labute approximate surface area is 203 Å². The summed E-state index contributed by atoms with van der Waals surface area (Å²) in [7, 11) is 2.16. The highest BCUT2D eigenvalue weighted by molar-refractivity contribution is 5.81. The Bertz CT molecular complexity index is 1140. The van der Waals surface area contributed by atoms with Crippen LogP contribution in [0.4, 0.5) is 0 Å². The molecule has 6 rings (SSSR count). The van der Waals surface area contributed by atoms with Gasteiger partial charge >= 0.3 is 5.97 Å². The molecule has 2 bridgehead atoms. The van der Waals surface area contributed by atoms with E-state index >= 15 is 0 Å². The van der Waals surface area contributed by atoms with Crippen molar-refractivity contribution in [2.24, 2.45) is 10.9 Å². The minimum Gasteiger partial charge on any atom is -0.504 e. The molecule has 0 aromatic heterocycles. The molecule has 9 heteroatoms. The second-order valence-corrected chi connectivity index (χ2v) is 10.8. The molecule has 186 valence electrons. The first-order valence-corrected chi connectivity index (χ1v) is 12.4. The van der Waals surface area contributed by atoms with Crippen molar-refractivity contribution in [2.75, 3.05) is 13.6 Å². The molecule has 1 saturated carbocycles. The number of benzene rings is 1. The Hall–Kier alpha value is -2.75. The summed E-state index contributed by atoms with van der Waals surface area (Å²) in [5.41, 5.74) is 1.18. The van der Waals surface area contributed by atoms with Gasteiger partial charge in [0.1, 0.15) is 17.9 Å². The minimum atomic E-state index is -1.17. The first-order chi connectivity index (χ1) is 16.8. The molecule has 1 spiro atoms. The SMILES string of the molecule is CN1CC[C@]23c4c5cc(CO)c(O)c4OC2C(NC(C=O)C2(CC(=O)O)C=CC=N2)CC[C@H]3[C@H]1C5. The standard InChI is InChI=1S/C26H31N3O6/c1-29-8-6-26-16-3-4-17(28-19(13-31)25(11-20(32)33)5-2-7-27-25)24(26)35-23-21(26)14(10-18(16)29)9-15(12-30)22(23)34/h2,5,7,9,13,16-19,24,28,30,34H,3-4,6,8,10-12H2,1H3,(H,32,33)/t16-,17?,18+,19?,24?,25?,26-/m0/s1. The number of piperidine rings is 1. The number of aliphatic carboxylic acids is 1. The van der Waals surface area contributed by atoms with Crippen molar-refractivity contribution in [3.8, 4) is 11.5 Å². The van der Waals surface area contributed by atoms with Crippen molar-refractivity contribution >= 4 is 18.5 Å². The number of hydrogen-bond acceptors (Lipinski definition) is 8. The fourth-order valence-corrected chi connectivity index (χ4v) is 7.77. The number of aliphatic hydroxyl groups excluding tert-OH is 1. The fraction of sp³-hybridized carbons (Fsp3) is 0.577. The van der Waals surface area contributed by atoms with Crippen LogP contribution in [0.3, 0.4) is 0 Å². The number of nitrogens with zero attached hydrogens (tertiary/aromatic N) is 2. The number of aromatic hydroxyl groups is 1. The number of rotatable bonds is 7. The summed E-state index contributed by atoms with van der Waals surface area (Å²) in [6.45, 7) is 0.635. The summed E-state index contributed by atoms with van der Waals surface area (Å²) in [4.78, 5) is 30.7. The third-order valence-corrected chi connectivity index (χ3v) is 9.25. The van der Waals surface area contributed by atoms with E-state index in [1.54, 1.807) is 18.4 Å². The van der Waals surface area contributed by atoms with Gasteiger partial charge in [0.25, 0.3) is 0 Å². The Balaban J connectivity index is 1.42. The maximum Gasteiger partial charge on any atom is 0.306 e. The maximum atomic E-state index is 12.3. The van der Waals surface area contributed by atoms with E-state index in [0.29, 0.717) is 23.3 Å². The number of ether oxygens (including phenoxy) is 1. The lowest BCUT2D eigenvalue weighted by Crippen LogP contribution is -2.69. The van der Waals surface area contributed by atoms with Gasteiger partial charge in [0.15, 0.2) is 11.5 Å². The van der Waals surface area contributed by atoms with E-state index in [9.17, 15) is 24.9 Å². The Kier molecular flexibility index (Phi) is 5.11. The van der Waals surface area contributed by atoms with Gasteiger partial charge in [-0.15, -0.1) is 0 Å². The Morgan fingerprint density at radius 2 is 2.26 bits per heavy atom. The van der Waals surface area contributed by atoms with Gasteiger partial charge in [0, 0.05) is 34.8 Å². The zero-order valence-corrected chi connectivity index (χ0v) is 19.7. The zero-order chi connectivity index (χ0) is 24.5. The summed E-state index contributed by atoms with van der Waals surface area (Å²) >= 11 is 0. The average Bonchev–Trinajstić information content (AvgIpc) is 3.44. The van der Waals surface area contributed by atoms with Gasteiger partial charge in [-0.2, -0.15) is 0 Å². The van der Waals surface area contributed by atoms with Crippen molar-refractivity contribution in [3.05, 3.63) is 34.9 Å². The van der Waals surface area contributed by atoms with Gasteiger partial charge < -0.3 is 29.8 Å². The number of carbonyl (C=O) groups excluding carboxylic acids is 1. The number of carboxylic acid groups (broad SMARTS) is 1. The Morgan fingerprint density at radius 3 is 2.94 bits per heavy atom. The molecule has 1 saturated heterocycles. The van der Waals surface area contributed by atoms with Crippen LogP contribution < -0.4 is 10.1 Å². The molecule has 4 N–H and O–H groups in total. The molecule has 7 atom stereocenters. The lowest BCUT2D eigenvalue weighted by atomic mass is 9.51. The first-order valence-electron chi connectivity index (χ1n) is 12.4. The quantitative estimate of drug-likeness (QED) is 0.423. The molecule has 2 aliphatic carbocycles. The lowest BCUT2D eigenvalue weighted by molar-refractivity contribution is -0.138. The van der Waals surface area contributed by atoms with E-state index < -0.39 is 17.6 Å². The number of aliphatic hydroxyl groups is 1. The van der Waals surface area contributed by atoms with Gasteiger partial charge in [0.05, 0.1) is 19.1 Å². The van der Waals surface area contributed by atoms with Crippen molar-refractivity contribution in [1.29, 1.82) is 0 Å². The molecule has 1 aromatic carbocycles. The summed E-state index contributed by atoms with van der Waals surface area (Å²) < 4.78 is 6.59. The molecule has 1 aromatic rings. The van der Waals surface area contributed by atoms with E-state index in [0.717, 1.165) is 49.6 Å². The summed E-state index contributed by atoms with van der Waals surface area (Å²) in [6.07, 6.45) is 8.48. The minimum absolute atomic E-state index is 0.00233. The first kappa shape index (κ1) is 22.7. The van der Waals surface area contributed by atoms with Crippen LogP contribution in [0.1, 0.15) is 42.4 Å². The van der Waals surface area contributed by atoms with Crippen molar-refractivity contribution in [2.45, 2.75) is 73.9 Å². The number of likely N-dealkylation sites (tertiary alicyclic amines) is 1. The highest BCUT2D eigenvalue weighted by atomic mass is 16.5. The second-order valence-electron chi connectivity index (χ2n) is 10.8. The molecule has 9 nitrogen and oxygen atoms in total. The van der Waals surface area contributed by atoms with Crippen LogP contribution in [0.5, 0.6) is 11.5 Å². The number of carboxylic acids is 1. The monoisotopic (exact) mass is 481 g/mol. The molecule has 35 heavy (non-hydrogen) atoms. The number of carbonyl (C=O) groups is 2. The molecule has 5 aliphatic rings. The topological polar surface area (TPSA) is 132 Å².